The van der Waals surface area contributed by atoms with Gasteiger partial charge in [-0.1, -0.05) is 6.58 Å². The molecule has 5 nitrogen and oxygen atoms in total. The number of carbonyl (C=O) groups excluding carboxylic acids is 2. The van der Waals surface area contributed by atoms with Crippen LogP contribution >= 0.6 is 0 Å². The number of piperazine rings is 1. The van der Waals surface area contributed by atoms with Crippen LogP contribution in [0.15, 0.2) is 37.2 Å². The minimum atomic E-state index is -0.0778. The fourth-order valence-corrected chi connectivity index (χ4v) is 1.94. The second-order valence-electron chi connectivity index (χ2n) is 4.06. The van der Waals surface area contributed by atoms with Crippen LogP contribution < -0.4 is 0 Å². The van der Waals surface area contributed by atoms with E-state index in [9.17, 15) is 9.59 Å². The normalized spacial score (nSPS) is 15.3. The Morgan fingerprint density at radius 3 is 2.22 bits per heavy atom. The molecule has 1 saturated heterocycles. The molecular formula is C13H15N3O2. The number of hydrogen-bond donors (Lipinski definition) is 0. The summed E-state index contributed by atoms with van der Waals surface area (Å²) in [4.78, 5) is 30.9. The Morgan fingerprint density at radius 1 is 1.11 bits per heavy atom. The molecule has 0 N–H and O–H groups in total. The van der Waals surface area contributed by atoms with Gasteiger partial charge in [0.25, 0.3) is 5.91 Å². The lowest BCUT2D eigenvalue weighted by Gasteiger charge is -2.34. The molecule has 0 aliphatic carbocycles. The predicted molar refractivity (Wildman–Crippen MR) is 66.9 cm³/mol. The fourth-order valence-electron chi connectivity index (χ4n) is 1.94. The van der Waals surface area contributed by atoms with E-state index in [2.05, 4.69) is 11.6 Å². The number of rotatable bonds is 2. The van der Waals surface area contributed by atoms with Crippen LogP contribution in [0.4, 0.5) is 0 Å². The fraction of sp³-hybridized carbons (Fsp3) is 0.308. The van der Waals surface area contributed by atoms with Crippen molar-refractivity contribution in [3.63, 3.8) is 0 Å². The molecule has 1 fully saturated rings. The van der Waals surface area contributed by atoms with Crippen LogP contribution in [0.5, 0.6) is 0 Å². The molecule has 0 atom stereocenters. The molecule has 0 unspecified atom stereocenters. The highest BCUT2D eigenvalue weighted by Gasteiger charge is 2.23. The van der Waals surface area contributed by atoms with Crippen LogP contribution in [0.3, 0.4) is 0 Å². The van der Waals surface area contributed by atoms with Crippen LogP contribution in [0.1, 0.15) is 10.4 Å². The molecule has 2 heterocycles. The summed E-state index contributed by atoms with van der Waals surface area (Å²) < 4.78 is 0. The zero-order valence-electron chi connectivity index (χ0n) is 10.1. The van der Waals surface area contributed by atoms with E-state index in [1.165, 1.54) is 6.08 Å². The maximum absolute atomic E-state index is 12.1. The van der Waals surface area contributed by atoms with Crippen molar-refractivity contribution in [1.29, 1.82) is 0 Å². The van der Waals surface area contributed by atoms with E-state index >= 15 is 0 Å². The Kier molecular flexibility index (Phi) is 3.72. The van der Waals surface area contributed by atoms with E-state index in [1.54, 1.807) is 34.3 Å². The molecule has 2 rings (SSSR count). The second-order valence-corrected chi connectivity index (χ2v) is 4.06. The van der Waals surface area contributed by atoms with E-state index in [0.29, 0.717) is 31.7 Å². The molecule has 1 aromatic heterocycles. The number of nitrogens with zero attached hydrogens (tertiary/aromatic N) is 3. The molecular weight excluding hydrogens is 230 g/mol. The highest BCUT2D eigenvalue weighted by Crippen LogP contribution is 2.08. The quantitative estimate of drug-likeness (QED) is 0.715. The minimum absolute atomic E-state index is 0.0110. The third-order valence-corrected chi connectivity index (χ3v) is 2.98. The van der Waals surface area contributed by atoms with Gasteiger partial charge >= 0.3 is 0 Å². The minimum Gasteiger partial charge on any atom is -0.336 e. The molecule has 0 bridgehead atoms. The summed E-state index contributed by atoms with van der Waals surface area (Å²) >= 11 is 0. The zero-order chi connectivity index (χ0) is 13.0. The third kappa shape index (κ3) is 2.56. The van der Waals surface area contributed by atoms with Gasteiger partial charge in [0.1, 0.15) is 0 Å². The van der Waals surface area contributed by atoms with E-state index < -0.39 is 0 Å². The molecule has 0 aromatic carbocycles. The Bertz CT molecular complexity index is 451. The largest absolute Gasteiger partial charge is 0.336 e. The average Bonchev–Trinajstić information content (AvgIpc) is 2.47. The van der Waals surface area contributed by atoms with Crippen molar-refractivity contribution >= 4 is 11.8 Å². The lowest BCUT2D eigenvalue weighted by molar-refractivity contribution is -0.127. The molecule has 18 heavy (non-hydrogen) atoms. The van der Waals surface area contributed by atoms with Gasteiger partial charge in [-0.3, -0.25) is 14.6 Å². The summed E-state index contributed by atoms with van der Waals surface area (Å²) in [5, 5.41) is 0. The lowest BCUT2D eigenvalue weighted by atomic mass is 10.2. The van der Waals surface area contributed by atoms with E-state index in [1.807, 2.05) is 0 Å². The number of amides is 2. The Morgan fingerprint density at radius 2 is 1.67 bits per heavy atom. The van der Waals surface area contributed by atoms with E-state index in [-0.39, 0.29) is 11.8 Å². The summed E-state index contributed by atoms with van der Waals surface area (Å²) in [5.41, 5.74) is 0.633. The Hall–Kier alpha value is -2.17. The summed E-state index contributed by atoms with van der Waals surface area (Å²) in [6, 6.07) is 3.40. The summed E-state index contributed by atoms with van der Waals surface area (Å²) in [5.74, 6) is -0.0888. The van der Waals surface area contributed by atoms with Gasteiger partial charge in [-0.05, 0) is 18.2 Å². The van der Waals surface area contributed by atoms with Gasteiger partial charge in [0.2, 0.25) is 5.91 Å². The lowest BCUT2D eigenvalue weighted by Crippen LogP contribution is -2.50. The molecule has 1 aromatic rings. The number of aromatic nitrogens is 1. The highest BCUT2D eigenvalue weighted by molar-refractivity contribution is 5.94. The summed E-state index contributed by atoms with van der Waals surface area (Å²) in [6.45, 7) is 5.69. The molecule has 94 valence electrons. The summed E-state index contributed by atoms with van der Waals surface area (Å²) in [7, 11) is 0. The summed E-state index contributed by atoms with van der Waals surface area (Å²) in [6.07, 6.45) is 4.51. The van der Waals surface area contributed by atoms with Gasteiger partial charge < -0.3 is 9.80 Å². The number of pyridine rings is 1. The Balaban J connectivity index is 1.96. The van der Waals surface area contributed by atoms with Crippen molar-refractivity contribution in [2.45, 2.75) is 0 Å². The second kappa shape index (κ2) is 5.44. The van der Waals surface area contributed by atoms with Gasteiger partial charge in [-0.2, -0.15) is 0 Å². The highest BCUT2D eigenvalue weighted by atomic mass is 16.2. The van der Waals surface area contributed by atoms with Crippen LogP contribution in [0.2, 0.25) is 0 Å². The maximum Gasteiger partial charge on any atom is 0.254 e. The monoisotopic (exact) mass is 245 g/mol. The topological polar surface area (TPSA) is 53.5 Å². The molecule has 0 radical (unpaired) electrons. The zero-order valence-corrected chi connectivity index (χ0v) is 10.1. The van der Waals surface area contributed by atoms with Crippen LogP contribution in [0.25, 0.3) is 0 Å². The van der Waals surface area contributed by atoms with Gasteiger partial charge in [-0.25, -0.2) is 0 Å². The third-order valence-electron chi connectivity index (χ3n) is 2.98. The molecule has 0 saturated carbocycles. The van der Waals surface area contributed by atoms with Crippen LogP contribution in [-0.2, 0) is 4.79 Å². The molecule has 0 spiro atoms. The first kappa shape index (κ1) is 12.3. The van der Waals surface area contributed by atoms with Crippen molar-refractivity contribution in [3.8, 4) is 0 Å². The standard InChI is InChI=1S/C13H15N3O2/c1-2-12(17)15-7-9-16(10-8-15)13(18)11-3-5-14-6-4-11/h2-6H,1,7-10H2. The molecule has 1 aliphatic heterocycles. The van der Waals surface area contributed by atoms with Crippen molar-refractivity contribution in [3.05, 3.63) is 42.7 Å². The first-order valence-corrected chi connectivity index (χ1v) is 5.83. The van der Waals surface area contributed by atoms with Crippen molar-refractivity contribution in [1.82, 2.24) is 14.8 Å². The van der Waals surface area contributed by atoms with E-state index in [4.69, 9.17) is 0 Å². The van der Waals surface area contributed by atoms with Crippen molar-refractivity contribution < 1.29 is 9.59 Å². The van der Waals surface area contributed by atoms with Gasteiger partial charge in [0.15, 0.2) is 0 Å². The predicted octanol–water partition coefficient (Wildman–Crippen LogP) is 0.552. The molecule has 5 heteroatoms. The van der Waals surface area contributed by atoms with Crippen LogP contribution in [0, 0.1) is 0 Å². The van der Waals surface area contributed by atoms with Crippen molar-refractivity contribution in [2.24, 2.45) is 0 Å². The number of carbonyl (C=O) groups is 2. The maximum atomic E-state index is 12.1. The average molecular weight is 245 g/mol. The van der Waals surface area contributed by atoms with E-state index in [0.717, 1.165) is 0 Å². The molecule has 1 aliphatic rings. The first-order valence-electron chi connectivity index (χ1n) is 5.83. The number of hydrogen-bond acceptors (Lipinski definition) is 3. The molecule has 2 amide bonds. The first-order chi connectivity index (χ1) is 8.72. The van der Waals surface area contributed by atoms with Crippen molar-refractivity contribution in [2.75, 3.05) is 26.2 Å². The smallest absolute Gasteiger partial charge is 0.254 e. The van der Waals surface area contributed by atoms with Crippen LogP contribution in [-0.4, -0.2) is 52.8 Å². The van der Waals surface area contributed by atoms with Gasteiger partial charge in [-0.15, -0.1) is 0 Å². The van der Waals surface area contributed by atoms with Gasteiger partial charge in [0.05, 0.1) is 0 Å². The SMILES string of the molecule is C=CC(=O)N1CCN(C(=O)c2ccncc2)CC1. The Labute approximate surface area is 106 Å². The van der Waals surface area contributed by atoms with Gasteiger partial charge in [0, 0.05) is 44.1 Å².